The maximum atomic E-state index is 12.5. The summed E-state index contributed by atoms with van der Waals surface area (Å²) in [5.41, 5.74) is 2.12. The molecule has 1 N–H and O–H groups in total. The molecule has 33 heavy (non-hydrogen) atoms. The number of amides is 1. The van der Waals surface area contributed by atoms with Crippen LogP contribution in [0.25, 0.3) is 5.69 Å². The number of carbonyl (C=O) groups excluding carboxylic acids is 2. The van der Waals surface area contributed by atoms with E-state index in [-0.39, 0.29) is 17.4 Å². The third-order valence-electron chi connectivity index (χ3n) is 5.16. The summed E-state index contributed by atoms with van der Waals surface area (Å²) >= 11 is 7.39. The zero-order valence-electron chi connectivity index (χ0n) is 18.2. The Morgan fingerprint density at radius 1 is 1.06 bits per heavy atom. The summed E-state index contributed by atoms with van der Waals surface area (Å²) in [5, 5.41) is 12.9. The summed E-state index contributed by atoms with van der Waals surface area (Å²) in [6.07, 6.45) is 0. The van der Waals surface area contributed by atoms with Crippen LogP contribution in [-0.4, -0.2) is 63.4 Å². The molecule has 0 bridgehead atoms. The van der Waals surface area contributed by atoms with Crippen molar-refractivity contribution in [1.82, 2.24) is 19.7 Å². The lowest BCUT2D eigenvalue weighted by Crippen LogP contribution is -2.36. The van der Waals surface area contributed by atoms with E-state index in [4.69, 9.17) is 16.3 Å². The van der Waals surface area contributed by atoms with Crippen LogP contribution in [0.5, 0.6) is 0 Å². The molecule has 0 atom stereocenters. The maximum Gasteiger partial charge on any atom is 0.234 e. The largest absolute Gasteiger partial charge is 0.379 e. The number of benzene rings is 2. The lowest BCUT2D eigenvalue weighted by atomic mass is 10.1. The van der Waals surface area contributed by atoms with Gasteiger partial charge in [0.05, 0.1) is 25.5 Å². The molecular weight excluding hydrogens is 462 g/mol. The molecular formula is C23H24ClN5O3S. The number of nitrogens with zero attached hydrogens (tertiary/aromatic N) is 4. The Kier molecular flexibility index (Phi) is 7.77. The first-order valence-electron chi connectivity index (χ1n) is 10.5. The molecule has 2 aromatic carbocycles. The number of nitrogens with one attached hydrogen (secondary N) is 1. The Labute approximate surface area is 201 Å². The Hall–Kier alpha value is -2.72. The Morgan fingerprint density at radius 2 is 1.76 bits per heavy atom. The summed E-state index contributed by atoms with van der Waals surface area (Å²) in [7, 11) is 0. The molecule has 2 heterocycles. The number of rotatable bonds is 8. The molecule has 0 unspecified atom stereocenters. The summed E-state index contributed by atoms with van der Waals surface area (Å²) in [5.74, 6) is 0.772. The van der Waals surface area contributed by atoms with Gasteiger partial charge in [0, 0.05) is 35.1 Å². The van der Waals surface area contributed by atoms with Crippen molar-refractivity contribution >= 4 is 40.7 Å². The third kappa shape index (κ3) is 6.20. The number of ether oxygens (including phenoxy) is 1. The van der Waals surface area contributed by atoms with Gasteiger partial charge in [-0.15, -0.1) is 10.2 Å². The highest BCUT2D eigenvalue weighted by Crippen LogP contribution is 2.24. The third-order valence-corrected chi connectivity index (χ3v) is 6.34. The van der Waals surface area contributed by atoms with Crippen LogP contribution in [0.15, 0.2) is 53.7 Å². The Bertz CT molecular complexity index is 1110. The molecule has 0 saturated carbocycles. The van der Waals surface area contributed by atoms with Crippen LogP contribution < -0.4 is 5.32 Å². The van der Waals surface area contributed by atoms with Crippen LogP contribution >= 0.6 is 23.4 Å². The SMILES string of the molecule is CC(=O)c1ccc(NC(=O)CSc2nnc(CN3CCOCC3)n2-c2ccc(Cl)cc2)cc1. The first-order valence-corrected chi connectivity index (χ1v) is 11.9. The first-order chi connectivity index (χ1) is 16.0. The van der Waals surface area contributed by atoms with Gasteiger partial charge >= 0.3 is 0 Å². The topological polar surface area (TPSA) is 89.3 Å². The van der Waals surface area contributed by atoms with Gasteiger partial charge in [0.1, 0.15) is 0 Å². The molecule has 0 radical (unpaired) electrons. The number of aromatic nitrogens is 3. The lowest BCUT2D eigenvalue weighted by Gasteiger charge is -2.26. The van der Waals surface area contributed by atoms with Gasteiger partial charge in [0.25, 0.3) is 0 Å². The minimum Gasteiger partial charge on any atom is -0.379 e. The second-order valence-electron chi connectivity index (χ2n) is 7.57. The number of halogens is 1. The Balaban J connectivity index is 1.47. The van der Waals surface area contributed by atoms with Gasteiger partial charge in [-0.1, -0.05) is 23.4 Å². The molecule has 10 heteroatoms. The molecule has 0 spiro atoms. The highest BCUT2D eigenvalue weighted by Gasteiger charge is 2.20. The van der Waals surface area contributed by atoms with Crippen molar-refractivity contribution in [2.45, 2.75) is 18.6 Å². The highest BCUT2D eigenvalue weighted by molar-refractivity contribution is 7.99. The molecule has 1 fully saturated rings. The molecule has 1 aliphatic rings. The average Bonchev–Trinajstić information content (AvgIpc) is 3.21. The average molecular weight is 486 g/mol. The van der Waals surface area contributed by atoms with E-state index in [1.54, 1.807) is 24.3 Å². The van der Waals surface area contributed by atoms with Crippen molar-refractivity contribution in [2.24, 2.45) is 0 Å². The lowest BCUT2D eigenvalue weighted by molar-refractivity contribution is -0.113. The monoisotopic (exact) mass is 485 g/mol. The first kappa shape index (κ1) is 23.4. The van der Waals surface area contributed by atoms with Crippen molar-refractivity contribution in [3.63, 3.8) is 0 Å². The number of anilines is 1. The minimum atomic E-state index is -0.170. The second kappa shape index (κ2) is 10.9. The summed E-state index contributed by atoms with van der Waals surface area (Å²) in [4.78, 5) is 26.2. The molecule has 0 aliphatic carbocycles. The smallest absolute Gasteiger partial charge is 0.234 e. The predicted octanol–water partition coefficient (Wildman–Crippen LogP) is 3.69. The molecule has 4 rings (SSSR count). The number of hydrogen-bond donors (Lipinski definition) is 1. The summed E-state index contributed by atoms with van der Waals surface area (Å²) in [6, 6.07) is 14.3. The van der Waals surface area contributed by atoms with E-state index in [0.717, 1.165) is 24.6 Å². The molecule has 1 aliphatic heterocycles. The van der Waals surface area contributed by atoms with Crippen LogP contribution in [0.1, 0.15) is 23.1 Å². The molecule has 172 valence electrons. The number of hydrogen-bond acceptors (Lipinski definition) is 7. The fraction of sp³-hybridized carbons (Fsp3) is 0.304. The van der Waals surface area contributed by atoms with E-state index < -0.39 is 0 Å². The van der Waals surface area contributed by atoms with Gasteiger partial charge in [-0.2, -0.15) is 0 Å². The maximum absolute atomic E-state index is 12.5. The van der Waals surface area contributed by atoms with Crippen LogP contribution in [0.3, 0.4) is 0 Å². The quantitative estimate of drug-likeness (QED) is 0.384. The summed E-state index contributed by atoms with van der Waals surface area (Å²) < 4.78 is 7.40. The zero-order valence-corrected chi connectivity index (χ0v) is 19.7. The van der Waals surface area contributed by atoms with Crippen LogP contribution in [0.4, 0.5) is 5.69 Å². The second-order valence-corrected chi connectivity index (χ2v) is 8.95. The van der Waals surface area contributed by atoms with Crippen molar-refractivity contribution < 1.29 is 14.3 Å². The van der Waals surface area contributed by atoms with Crippen LogP contribution in [0.2, 0.25) is 5.02 Å². The molecule has 3 aromatic rings. The van der Waals surface area contributed by atoms with Crippen molar-refractivity contribution in [3.05, 3.63) is 64.9 Å². The van der Waals surface area contributed by atoms with Crippen LogP contribution in [-0.2, 0) is 16.1 Å². The van der Waals surface area contributed by atoms with Crippen molar-refractivity contribution in [1.29, 1.82) is 0 Å². The van der Waals surface area contributed by atoms with Gasteiger partial charge in [-0.25, -0.2) is 0 Å². The van der Waals surface area contributed by atoms with E-state index >= 15 is 0 Å². The van der Waals surface area contributed by atoms with Crippen molar-refractivity contribution in [2.75, 3.05) is 37.4 Å². The van der Waals surface area contributed by atoms with Gasteiger partial charge < -0.3 is 10.1 Å². The number of Topliss-reactive ketones (excluding diaryl/α,β-unsaturated/α-hetero) is 1. The van der Waals surface area contributed by atoms with Gasteiger partial charge in [-0.05, 0) is 55.5 Å². The van der Waals surface area contributed by atoms with Gasteiger partial charge in [0.15, 0.2) is 16.8 Å². The number of carbonyl (C=O) groups is 2. The molecule has 1 amide bonds. The molecule has 1 saturated heterocycles. The van der Waals surface area contributed by atoms with Gasteiger partial charge in [0.2, 0.25) is 5.91 Å². The van der Waals surface area contributed by atoms with Crippen molar-refractivity contribution in [3.8, 4) is 5.69 Å². The number of morpholine rings is 1. The number of thioether (sulfide) groups is 1. The van der Waals surface area contributed by atoms with Gasteiger partial charge in [-0.3, -0.25) is 19.1 Å². The van der Waals surface area contributed by atoms with E-state index in [1.807, 2.05) is 28.8 Å². The summed E-state index contributed by atoms with van der Waals surface area (Å²) in [6.45, 7) is 5.21. The molecule has 8 nitrogen and oxygen atoms in total. The van der Waals surface area contributed by atoms with E-state index in [2.05, 4.69) is 20.4 Å². The fourth-order valence-electron chi connectivity index (χ4n) is 3.42. The minimum absolute atomic E-state index is 0.0159. The molecule has 1 aromatic heterocycles. The van der Waals surface area contributed by atoms with E-state index in [9.17, 15) is 9.59 Å². The highest BCUT2D eigenvalue weighted by atomic mass is 35.5. The normalized spacial score (nSPS) is 14.2. The fourth-order valence-corrected chi connectivity index (χ4v) is 4.32. The standard InChI is InChI=1S/C23H24ClN5O3S/c1-16(30)17-2-6-19(7-3-17)25-22(31)15-33-23-27-26-21(14-28-10-12-32-13-11-28)29(23)20-8-4-18(24)5-9-20/h2-9H,10-15H2,1H3,(H,25,31). The van der Waals surface area contributed by atoms with Crippen LogP contribution in [0, 0.1) is 0 Å². The Morgan fingerprint density at radius 3 is 2.42 bits per heavy atom. The van der Waals surface area contributed by atoms with E-state index in [1.165, 1.54) is 18.7 Å². The zero-order chi connectivity index (χ0) is 23.2. The van der Waals surface area contributed by atoms with E-state index in [0.29, 0.717) is 41.2 Å². The predicted molar refractivity (Wildman–Crippen MR) is 128 cm³/mol. The number of ketones is 1.